The second-order valence-electron chi connectivity index (χ2n) is 5.95. The number of carbonyl (C=O) groups is 1. The van der Waals surface area contributed by atoms with Crippen LogP contribution in [0.3, 0.4) is 0 Å². The summed E-state index contributed by atoms with van der Waals surface area (Å²) in [4.78, 5) is 20.6. The highest BCUT2D eigenvalue weighted by Gasteiger charge is 2.28. The van der Waals surface area contributed by atoms with Crippen molar-refractivity contribution >= 4 is 5.91 Å². The quantitative estimate of drug-likeness (QED) is 0.844. The van der Waals surface area contributed by atoms with Crippen molar-refractivity contribution in [3.63, 3.8) is 0 Å². The van der Waals surface area contributed by atoms with E-state index in [4.69, 9.17) is 0 Å². The van der Waals surface area contributed by atoms with E-state index < -0.39 is 6.17 Å². The van der Waals surface area contributed by atoms with Gasteiger partial charge in [0.1, 0.15) is 11.9 Å². The third-order valence-electron chi connectivity index (χ3n) is 3.97. The van der Waals surface area contributed by atoms with E-state index in [1.54, 1.807) is 11.0 Å². The summed E-state index contributed by atoms with van der Waals surface area (Å²) >= 11 is 0. The van der Waals surface area contributed by atoms with Crippen LogP contribution in [0.4, 0.5) is 4.39 Å². The Hall–Kier alpha value is -1.49. The Kier molecular flexibility index (Phi) is 3.70. The Morgan fingerprint density at radius 1 is 1.40 bits per heavy atom. The normalized spacial score (nSPS) is 23.9. The number of halogens is 1. The van der Waals surface area contributed by atoms with Crippen LogP contribution in [0.15, 0.2) is 18.2 Å². The van der Waals surface area contributed by atoms with E-state index >= 15 is 0 Å². The van der Waals surface area contributed by atoms with Crippen molar-refractivity contribution < 1.29 is 9.18 Å². The molecule has 2 fully saturated rings. The van der Waals surface area contributed by atoms with Crippen molar-refractivity contribution in [2.24, 2.45) is 5.92 Å². The van der Waals surface area contributed by atoms with Gasteiger partial charge in [-0.1, -0.05) is 13.0 Å². The molecule has 1 amide bonds. The minimum absolute atomic E-state index is 0.149. The molecule has 0 N–H and O–H groups in total. The fourth-order valence-corrected chi connectivity index (χ4v) is 2.94. The highest BCUT2D eigenvalue weighted by molar-refractivity contribution is 5.92. The molecule has 1 aromatic heterocycles. The van der Waals surface area contributed by atoms with Crippen LogP contribution in [0.5, 0.6) is 0 Å². The lowest BCUT2D eigenvalue weighted by molar-refractivity contribution is 0.0774. The first kappa shape index (κ1) is 13.5. The fourth-order valence-electron chi connectivity index (χ4n) is 2.94. The lowest BCUT2D eigenvalue weighted by Gasteiger charge is -2.36. The number of likely N-dealkylation sites (tertiary alicyclic amines) is 2. The summed E-state index contributed by atoms with van der Waals surface area (Å²) in [5.41, 5.74) is 1.35. The molecular weight excluding hydrogens is 257 g/mol. The fraction of sp³-hybridized carbons (Fsp3) is 0.600. The molecule has 2 saturated heterocycles. The molecule has 1 aromatic rings. The highest BCUT2D eigenvalue weighted by atomic mass is 19.1. The van der Waals surface area contributed by atoms with Crippen molar-refractivity contribution in [2.75, 3.05) is 26.2 Å². The average molecular weight is 277 g/mol. The van der Waals surface area contributed by atoms with Crippen LogP contribution in [0, 0.1) is 5.92 Å². The van der Waals surface area contributed by atoms with Gasteiger partial charge < -0.3 is 4.90 Å². The standard InChI is InChI=1S/C15H20FN3O/c1-11-7-18(8-11)10-13-3-2-4-14(17-13)15(20)19-6-5-12(16)9-19/h2-4,11-12H,5-10H2,1H3. The summed E-state index contributed by atoms with van der Waals surface area (Å²) < 4.78 is 13.2. The van der Waals surface area contributed by atoms with Gasteiger partial charge in [0, 0.05) is 26.2 Å². The zero-order valence-electron chi connectivity index (χ0n) is 11.8. The third kappa shape index (κ3) is 2.82. The predicted molar refractivity (Wildman–Crippen MR) is 74.1 cm³/mol. The van der Waals surface area contributed by atoms with Crippen LogP contribution in [0.1, 0.15) is 29.5 Å². The molecule has 108 valence electrons. The third-order valence-corrected chi connectivity index (χ3v) is 3.97. The average Bonchev–Trinajstić information content (AvgIpc) is 2.83. The molecule has 4 nitrogen and oxygen atoms in total. The minimum atomic E-state index is -0.885. The van der Waals surface area contributed by atoms with Crippen LogP contribution >= 0.6 is 0 Å². The van der Waals surface area contributed by atoms with Crippen molar-refractivity contribution in [3.05, 3.63) is 29.6 Å². The molecule has 2 aliphatic rings. The molecule has 3 heterocycles. The summed E-state index contributed by atoms with van der Waals surface area (Å²) in [5.74, 6) is 0.606. The van der Waals surface area contributed by atoms with Crippen molar-refractivity contribution in [1.82, 2.24) is 14.8 Å². The van der Waals surface area contributed by atoms with Gasteiger partial charge in [-0.2, -0.15) is 0 Å². The molecule has 0 aliphatic carbocycles. The van der Waals surface area contributed by atoms with Crippen molar-refractivity contribution in [3.8, 4) is 0 Å². The zero-order chi connectivity index (χ0) is 14.1. The lowest BCUT2D eigenvalue weighted by Crippen LogP contribution is -2.44. The van der Waals surface area contributed by atoms with Gasteiger partial charge in [0.15, 0.2) is 0 Å². The van der Waals surface area contributed by atoms with Crippen LogP contribution < -0.4 is 0 Å². The second-order valence-corrected chi connectivity index (χ2v) is 5.95. The van der Waals surface area contributed by atoms with Gasteiger partial charge in [-0.3, -0.25) is 9.69 Å². The molecule has 3 rings (SSSR count). The highest BCUT2D eigenvalue weighted by Crippen LogP contribution is 2.18. The first-order valence-electron chi connectivity index (χ1n) is 7.23. The summed E-state index contributed by atoms with van der Waals surface area (Å²) in [6.45, 7) is 5.90. The number of amides is 1. The Balaban J connectivity index is 1.66. The number of aromatic nitrogens is 1. The Morgan fingerprint density at radius 2 is 2.20 bits per heavy atom. The Bertz CT molecular complexity index is 502. The molecule has 1 atom stereocenters. The van der Waals surface area contributed by atoms with Crippen LogP contribution in [0.25, 0.3) is 0 Å². The van der Waals surface area contributed by atoms with Gasteiger partial charge in [-0.05, 0) is 24.5 Å². The van der Waals surface area contributed by atoms with Crippen LogP contribution in [0.2, 0.25) is 0 Å². The lowest BCUT2D eigenvalue weighted by atomic mass is 10.0. The molecule has 0 bridgehead atoms. The van der Waals surface area contributed by atoms with E-state index in [0.717, 1.165) is 31.2 Å². The Morgan fingerprint density at radius 3 is 2.85 bits per heavy atom. The van der Waals surface area contributed by atoms with Gasteiger partial charge in [-0.15, -0.1) is 0 Å². The van der Waals surface area contributed by atoms with E-state index in [2.05, 4.69) is 16.8 Å². The van der Waals surface area contributed by atoms with Crippen LogP contribution in [-0.2, 0) is 6.54 Å². The maximum Gasteiger partial charge on any atom is 0.272 e. The molecule has 1 unspecified atom stereocenters. The van der Waals surface area contributed by atoms with E-state index in [0.29, 0.717) is 18.7 Å². The summed E-state index contributed by atoms with van der Waals surface area (Å²) in [6, 6.07) is 5.53. The molecule has 0 aromatic carbocycles. The molecular formula is C15H20FN3O. The van der Waals surface area contributed by atoms with E-state index in [9.17, 15) is 9.18 Å². The number of carbonyl (C=O) groups excluding carboxylic acids is 1. The predicted octanol–water partition coefficient (Wildman–Crippen LogP) is 1.72. The maximum absolute atomic E-state index is 13.2. The number of pyridine rings is 1. The van der Waals surface area contributed by atoms with Gasteiger partial charge in [-0.25, -0.2) is 9.37 Å². The summed E-state index contributed by atoms with van der Waals surface area (Å²) in [5, 5.41) is 0. The summed E-state index contributed by atoms with van der Waals surface area (Å²) in [6.07, 6.45) is -0.443. The van der Waals surface area contributed by atoms with E-state index in [1.165, 1.54) is 0 Å². The molecule has 0 radical (unpaired) electrons. The molecule has 2 aliphatic heterocycles. The Labute approximate surface area is 118 Å². The van der Waals surface area contributed by atoms with Crippen molar-refractivity contribution in [2.45, 2.75) is 26.1 Å². The minimum Gasteiger partial charge on any atom is -0.334 e. The van der Waals surface area contributed by atoms with Gasteiger partial charge in [0.05, 0.1) is 12.2 Å². The van der Waals surface area contributed by atoms with Gasteiger partial charge in [0.2, 0.25) is 0 Å². The smallest absolute Gasteiger partial charge is 0.272 e. The topological polar surface area (TPSA) is 36.4 Å². The number of hydrogen-bond acceptors (Lipinski definition) is 3. The number of alkyl halides is 1. The first-order valence-corrected chi connectivity index (χ1v) is 7.23. The SMILES string of the molecule is CC1CN(Cc2cccc(C(=O)N3CCC(F)C3)n2)C1. The van der Waals surface area contributed by atoms with E-state index in [-0.39, 0.29) is 12.5 Å². The van der Waals surface area contributed by atoms with Crippen LogP contribution in [-0.4, -0.2) is 53.0 Å². The van der Waals surface area contributed by atoms with Gasteiger partial charge in [0.25, 0.3) is 5.91 Å². The molecule has 0 spiro atoms. The number of nitrogens with zero attached hydrogens (tertiary/aromatic N) is 3. The maximum atomic E-state index is 13.2. The zero-order valence-corrected chi connectivity index (χ0v) is 11.8. The number of rotatable bonds is 3. The first-order chi connectivity index (χ1) is 9.61. The largest absolute Gasteiger partial charge is 0.334 e. The van der Waals surface area contributed by atoms with E-state index in [1.807, 2.05) is 12.1 Å². The molecule has 20 heavy (non-hydrogen) atoms. The second kappa shape index (κ2) is 5.48. The molecule has 5 heteroatoms. The summed E-state index contributed by atoms with van der Waals surface area (Å²) in [7, 11) is 0. The molecule has 0 saturated carbocycles. The van der Waals surface area contributed by atoms with Crippen molar-refractivity contribution in [1.29, 1.82) is 0 Å². The monoisotopic (exact) mass is 277 g/mol. The number of hydrogen-bond donors (Lipinski definition) is 0. The van der Waals surface area contributed by atoms with Gasteiger partial charge >= 0.3 is 0 Å².